The second-order valence-electron chi connectivity index (χ2n) is 9.60. The van der Waals surface area contributed by atoms with E-state index in [4.69, 9.17) is 0 Å². The molecule has 1 heterocycles. The number of halogens is 2. The van der Waals surface area contributed by atoms with Crippen molar-refractivity contribution in [2.75, 3.05) is 0 Å². The zero-order valence-electron chi connectivity index (χ0n) is 16.3. The molecule has 2 aliphatic carbocycles. The smallest absolute Gasteiger partial charge is 1.00 e. The first-order chi connectivity index (χ1) is 9.94. The van der Waals surface area contributed by atoms with Crippen LogP contribution in [0.4, 0.5) is 0 Å². The van der Waals surface area contributed by atoms with E-state index in [2.05, 4.69) is 64.5 Å². The molecule has 3 aliphatic rings. The number of fused-ring (bicyclic) bond motifs is 2. The molecule has 0 aromatic heterocycles. The summed E-state index contributed by atoms with van der Waals surface area (Å²) in [6, 6.07) is 0. The minimum Gasteiger partial charge on any atom is -1.00 e. The molecular weight excluding hydrogens is 550 g/mol. The summed E-state index contributed by atoms with van der Waals surface area (Å²) in [4.78, 5) is 0. The monoisotopic (exact) mass is 580 g/mol. The van der Waals surface area contributed by atoms with Gasteiger partial charge in [-0.15, -0.1) is 0 Å². The fourth-order valence-corrected chi connectivity index (χ4v) is 30.2. The molecule has 0 nitrogen and oxygen atoms in total. The van der Waals surface area contributed by atoms with Crippen LogP contribution in [0.2, 0.25) is 52.4 Å². The Hall–Kier alpha value is 1.06. The van der Waals surface area contributed by atoms with Crippen molar-refractivity contribution >= 4 is 24.2 Å². The van der Waals surface area contributed by atoms with Gasteiger partial charge in [-0.2, -0.15) is 0 Å². The first kappa shape index (κ1) is 23.1. The van der Waals surface area contributed by atoms with Crippen LogP contribution in [0, 0.1) is 0 Å². The quantitative estimate of drug-likeness (QED) is 0.398. The molecule has 0 radical (unpaired) electrons. The summed E-state index contributed by atoms with van der Waals surface area (Å²) in [7, 11) is -3.90. The standard InChI is InChI=1S/C18H30Si3.2ClH.Hf/c1-19(2,3)15-11-9-13-17(15)21(7,8)18-14-10-12-16(18)20(4,5)6;;;/h13-14H,9-10H2,1-8H3;2*1H;/q;;;+2/p-2. The van der Waals surface area contributed by atoms with Gasteiger partial charge in [0.1, 0.15) is 0 Å². The maximum absolute atomic E-state index is 2.69. The number of hydrogen-bond donors (Lipinski definition) is 0. The summed E-state index contributed by atoms with van der Waals surface area (Å²) in [5, 5.41) is 7.65. The SMILES string of the molecule is C[Si](C)(C)C1=[C]2CC=C1[Si](C)(C)C1=CC[C](=C1[Si](C)(C)C)[Hf+2]2.[Cl-].[Cl-]. The zero-order valence-corrected chi connectivity index (χ0v) is 24.4. The molecular formula is C18H30Cl2HfSi3. The van der Waals surface area contributed by atoms with Crippen LogP contribution in [-0.2, 0) is 22.9 Å². The van der Waals surface area contributed by atoms with Gasteiger partial charge in [-0.1, -0.05) is 0 Å². The number of allylic oxidation sites excluding steroid dienone is 8. The molecule has 6 heteroatoms. The van der Waals surface area contributed by atoms with Crippen molar-refractivity contribution < 1.29 is 47.7 Å². The third kappa shape index (κ3) is 3.70. The van der Waals surface area contributed by atoms with E-state index < -0.39 is 47.1 Å². The Morgan fingerprint density at radius 1 is 0.750 bits per heavy atom. The van der Waals surface area contributed by atoms with Gasteiger partial charge in [0, 0.05) is 0 Å². The Kier molecular flexibility index (Phi) is 6.96. The maximum atomic E-state index is 2.69. The second kappa shape index (κ2) is 7.23. The molecule has 0 saturated carbocycles. The van der Waals surface area contributed by atoms with Crippen molar-refractivity contribution in [3.8, 4) is 0 Å². The number of hydrogen-bond acceptors (Lipinski definition) is 0. The molecule has 0 N–H and O–H groups in total. The normalized spacial score (nSPS) is 21.7. The van der Waals surface area contributed by atoms with Crippen LogP contribution >= 0.6 is 0 Å². The fraction of sp³-hybridized carbons (Fsp3) is 0.556. The van der Waals surface area contributed by atoms with E-state index >= 15 is 0 Å². The van der Waals surface area contributed by atoms with Crippen molar-refractivity contribution in [3.05, 3.63) is 39.6 Å². The van der Waals surface area contributed by atoms with Gasteiger partial charge in [-0.25, -0.2) is 0 Å². The fourth-order valence-electron chi connectivity index (χ4n) is 4.54. The molecule has 0 spiro atoms. The average molecular weight is 580 g/mol. The van der Waals surface area contributed by atoms with Gasteiger partial charge < -0.3 is 24.8 Å². The Morgan fingerprint density at radius 3 is 1.38 bits per heavy atom. The van der Waals surface area contributed by atoms with Crippen LogP contribution in [0.5, 0.6) is 0 Å². The zero-order chi connectivity index (χ0) is 16.5. The van der Waals surface area contributed by atoms with Crippen LogP contribution in [-0.4, -0.2) is 24.2 Å². The minimum atomic E-state index is -1.49. The largest absolute Gasteiger partial charge is 1.00 e. The molecule has 0 fully saturated rings. The van der Waals surface area contributed by atoms with E-state index in [0.717, 1.165) is 0 Å². The first-order valence-electron chi connectivity index (χ1n) is 8.60. The molecule has 24 heavy (non-hydrogen) atoms. The molecule has 132 valence electrons. The molecule has 0 unspecified atom stereocenters. The van der Waals surface area contributed by atoms with Gasteiger partial charge in [-0.3, -0.25) is 0 Å². The summed E-state index contributed by atoms with van der Waals surface area (Å²) in [6.45, 7) is 20.8. The Labute approximate surface area is 175 Å². The van der Waals surface area contributed by atoms with E-state index in [-0.39, 0.29) is 24.8 Å². The van der Waals surface area contributed by atoms with Crippen molar-refractivity contribution in [3.63, 3.8) is 0 Å². The van der Waals surface area contributed by atoms with E-state index in [1.807, 2.05) is 27.4 Å². The van der Waals surface area contributed by atoms with E-state index in [1.54, 1.807) is 0 Å². The van der Waals surface area contributed by atoms with Crippen LogP contribution < -0.4 is 24.8 Å². The summed E-state index contributed by atoms with van der Waals surface area (Å²) in [6.07, 6.45) is 8.05. The predicted molar refractivity (Wildman–Crippen MR) is 104 cm³/mol. The molecule has 1 aliphatic heterocycles. The Bertz CT molecular complexity index is 615. The van der Waals surface area contributed by atoms with Crippen LogP contribution in [0.25, 0.3) is 0 Å². The third-order valence-electron chi connectivity index (χ3n) is 5.31. The van der Waals surface area contributed by atoms with Crippen LogP contribution in [0.3, 0.4) is 0 Å². The van der Waals surface area contributed by atoms with Crippen molar-refractivity contribution in [1.29, 1.82) is 0 Å². The summed E-state index contributed by atoms with van der Waals surface area (Å²) >= 11 is -0.784. The van der Waals surface area contributed by atoms with Gasteiger partial charge in [0.25, 0.3) is 0 Å². The number of rotatable bonds is 2. The Morgan fingerprint density at radius 2 is 1.08 bits per heavy atom. The molecule has 0 atom stereocenters. The predicted octanol–water partition coefficient (Wildman–Crippen LogP) is -0.199. The average Bonchev–Trinajstić information content (AvgIpc) is 2.91. The maximum Gasteiger partial charge on any atom is -1.00 e. The summed E-state index contributed by atoms with van der Waals surface area (Å²) in [5.74, 6) is 0. The van der Waals surface area contributed by atoms with Crippen LogP contribution in [0.15, 0.2) is 39.6 Å². The molecule has 4 bridgehead atoms. The summed E-state index contributed by atoms with van der Waals surface area (Å²) < 4.78 is 3.99. The van der Waals surface area contributed by atoms with Crippen molar-refractivity contribution in [2.24, 2.45) is 0 Å². The van der Waals surface area contributed by atoms with Crippen molar-refractivity contribution in [2.45, 2.75) is 65.2 Å². The minimum absolute atomic E-state index is 0. The van der Waals surface area contributed by atoms with Crippen molar-refractivity contribution in [1.82, 2.24) is 0 Å². The molecule has 0 aromatic carbocycles. The first-order valence-corrected chi connectivity index (χ1v) is 22.2. The van der Waals surface area contributed by atoms with Gasteiger partial charge in [0.2, 0.25) is 0 Å². The third-order valence-corrected chi connectivity index (χ3v) is 20.8. The molecule has 3 rings (SSSR count). The topological polar surface area (TPSA) is 0 Å². The van der Waals surface area contributed by atoms with Gasteiger partial charge in [0.15, 0.2) is 0 Å². The molecule has 0 amide bonds. The summed E-state index contributed by atoms with van der Waals surface area (Å²) in [5.41, 5.74) is 0. The van der Waals surface area contributed by atoms with E-state index in [9.17, 15) is 0 Å². The molecule has 0 saturated heterocycles. The van der Waals surface area contributed by atoms with E-state index in [0.29, 0.717) is 0 Å². The van der Waals surface area contributed by atoms with E-state index in [1.165, 1.54) is 12.8 Å². The van der Waals surface area contributed by atoms with Gasteiger partial charge >= 0.3 is 152 Å². The van der Waals surface area contributed by atoms with Gasteiger partial charge in [-0.05, 0) is 0 Å². The second-order valence-corrected chi connectivity index (χ2v) is 29.2. The van der Waals surface area contributed by atoms with Crippen LogP contribution in [0.1, 0.15) is 12.8 Å². The molecule has 0 aromatic rings. The van der Waals surface area contributed by atoms with Gasteiger partial charge in [0.05, 0.1) is 0 Å². The Balaban J connectivity index is 0.00000144.